The van der Waals surface area contributed by atoms with Gasteiger partial charge in [0.1, 0.15) is 17.4 Å². The van der Waals surface area contributed by atoms with Crippen LogP contribution < -0.4 is 10.6 Å². The first-order chi connectivity index (χ1) is 10.6. The summed E-state index contributed by atoms with van der Waals surface area (Å²) in [5.41, 5.74) is 0. The van der Waals surface area contributed by atoms with Gasteiger partial charge in [-0.15, -0.1) is 0 Å². The van der Waals surface area contributed by atoms with Gasteiger partial charge in [0, 0.05) is 19.0 Å². The van der Waals surface area contributed by atoms with Crippen LogP contribution in [0.2, 0.25) is 0 Å². The largest absolute Gasteiger partial charge is 0.469 e. The highest BCUT2D eigenvalue weighted by Crippen LogP contribution is 2.22. The molecule has 2 atom stereocenters. The number of rotatable bonds is 4. The van der Waals surface area contributed by atoms with Crippen LogP contribution in [-0.2, 0) is 13.0 Å². The Morgan fingerprint density at radius 3 is 3.23 bits per heavy atom. The van der Waals surface area contributed by atoms with Crippen molar-refractivity contribution in [2.45, 2.75) is 51.7 Å². The molecule has 0 fully saturated rings. The maximum Gasteiger partial charge on any atom is 0.315 e. The molecule has 0 unspecified atom stereocenters. The van der Waals surface area contributed by atoms with Gasteiger partial charge >= 0.3 is 6.03 Å². The molecule has 118 valence electrons. The molecule has 0 spiro atoms. The average molecular weight is 303 g/mol. The number of fused-ring (bicyclic) bond motifs is 1. The number of hydrogen-bond acceptors (Lipinski definition) is 4. The first kappa shape index (κ1) is 14.6. The molecular weight excluding hydrogens is 282 g/mol. The number of furan rings is 1. The molecule has 3 rings (SSSR count). The number of carbonyl (C=O) groups excluding carboxylic acids is 1. The topological polar surface area (TPSA) is 85.0 Å². The fourth-order valence-electron chi connectivity index (χ4n) is 2.81. The van der Waals surface area contributed by atoms with Crippen LogP contribution in [-0.4, -0.2) is 26.8 Å². The minimum atomic E-state index is -0.182. The Kier molecular flexibility index (Phi) is 4.13. The minimum Gasteiger partial charge on any atom is -0.469 e. The van der Waals surface area contributed by atoms with Gasteiger partial charge in [-0.3, -0.25) is 0 Å². The third kappa shape index (κ3) is 3.29. The van der Waals surface area contributed by atoms with E-state index in [0.29, 0.717) is 6.42 Å². The van der Waals surface area contributed by atoms with Gasteiger partial charge in [-0.1, -0.05) is 0 Å². The van der Waals surface area contributed by atoms with Gasteiger partial charge in [-0.05, 0) is 38.8 Å². The Labute approximate surface area is 129 Å². The quantitative estimate of drug-likeness (QED) is 0.904. The van der Waals surface area contributed by atoms with Crippen molar-refractivity contribution in [3.63, 3.8) is 0 Å². The van der Waals surface area contributed by atoms with E-state index in [0.717, 1.165) is 36.8 Å². The first-order valence-corrected chi connectivity index (χ1v) is 7.62. The van der Waals surface area contributed by atoms with Crippen LogP contribution in [0.5, 0.6) is 0 Å². The number of hydrogen-bond donors (Lipinski definition) is 2. The number of amides is 2. The smallest absolute Gasteiger partial charge is 0.315 e. The summed E-state index contributed by atoms with van der Waals surface area (Å²) in [4.78, 5) is 16.6. The van der Waals surface area contributed by atoms with Crippen LogP contribution in [0, 0.1) is 6.92 Å². The van der Waals surface area contributed by atoms with Gasteiger partial charge in [0.25, 0.3) is 0 Å². The van der Waals surface area contributed by atoms with E-state index in [1.165, 1.54) is 0 Å². The molecule has 0 aromatic carbocycles. The fourth-order valence-corrected chi connectivity index (χ4v) is 2.81. The number of urea groups is 1. The zero-order valence-electron chi connectivity index (χ0n) is 12.9. The van der Waals surface area contributed by atoms with E-state index >= 15 is 0 Å². The van der Waals surface area contributed by atoms with E-state index in [1.807, 2.05) is 30.7 Å². The normalized spacial score (nSPS) is 18.5. The monoisotopic (exact) mass is 303 g/mol. The molecule has 0 saturated carbocycles. The Morgan fingerprint density at radius 2 is 2.45 bits per heavy atom. The summed E-state index contributed by atoms with van der Waals surface area (Å²) in [5, 5.41) is 10.3. The van der Waals surface area contributed by atoms with Crippen molar-refractivity contribution in [2.75, 3.05) is 0 Å². The minimum absolute atomic E-state index is 0.00523. The summed E-state index contributed by atoms with van der Waals surface area (Å²) < 4.78 is 7.18. The second kappa shape index (κ2) is 6.21. The number of nitrogens with one attached hydrogen (secondary N) is 2. The second-order valence-electron chi connectivity index (χ2n) is 5.74. The van der Waals surface area contributed by atoms with Gasteiger partial charge in [0.05, 0.1) is 12.3 Å². The van der Waals surface area contributed by atoms with Crippen molar-refractivity contribution in [3.8, 4) is 0 Å². The van der Waals surface area contributed by atoms with Crippen LogP contribution in [0.15, 0.2) is 22.8 Å². The second-order valence-corrected chi connectivity index (χ2v) is 5.74. The summed E-state index contributed by atoms with van der Waals surface area (Å²) >= 11 is 0. The Morgan fingerprint density at radius 1 is 1.59 bits per heavy atom. The van der Waals surface area contributed by atoms with E-state index in [1.54, 1.807) is 6.26 Å². The number of aryl methyl sites for hydroxylation is 2. The predicted molar refractivity (Wildman–Crippen MR) is 80.3 cm³/mol. The number of nitrogens with zero attached hydrogens (tertiary/aromatic N) is 3. The van der Waals surface area contributed by atoms with Crippen molar-refractivity contribution in [1.29, 1.82) is 0 Å². The van der Waals surface area contributed by atoms with Crippen molar-refractivity contribution >= 4 is 6.03 Å². The molecular formula is C15H21N5O2. The molecule has 2 aromatic heterocycles. The van der Waals surface area contributed by atoms with Crippen LogP contribution >= 0.6 is 0 Å². The van der Waals surface area contributed by atoms with Gasteiger partial charge in [-0.2, -0.15) is 5.10 Å². The number of carbonyl (C=O) groups is 1. The lowest BCUT2D eigenvalue weighted by molar-refractivity contribution is 0.229. The van der Waals surface area contributed by atoms with Crippen molar-refractivity contribution in [1.82, 2.24) is 25.4 Å². The molecule has 0 aliphatic carbocycles. The van der Waals surface area contributed by atoms with E-state index in [2.05, 4.69) is 20.7 Å². The van der Waals surface area contributed by atoms with Crippen LogP contribution in [0.3, 0.4) is 0 Å². The van der Waals surface area contributed by atoms with E-state index < -0.39 is 0 Å². The third-order valence-corrected chi connectivity index (χ3v) is 3.75. The molecule has 2 amide bonds. The summed E-state index contributed by atoms with van der Waals surface area (Å²) in [6.45, 7) is 4.69. The lowest BCUT2D eigenvalue weighted by Crippen LogP contribution is -2.44. The Bertz CT molecular complexity index is 634. The molecule has 7 nitrogen and oxygen atoms in total. The first-order valence-electron chi connectivity index (χ1n) is 7.62. The predicted octanol–water partition coefficient (Wildman–Crippen LogP) is 1.94. The maximum absolute atomic E-state index is 12.2. The standard InChI is InChI=1S/C15H21N5O2/c1-10(9-12-5-4-8-22-12)16-15(21)18-13-6-3-7-20-14(13)17-11(2)19-20/h4-5,8,10,13H,3,6-7,9H2,1-2H3,(H2,16,18,21)/t10-,13-/m1/s1. The lowest BCUT2D eigenvalue weighted by atomic mass is 10.1. The number of aromatic nitrogens is 3. The zero-order chi connectivity index (χ0) is 15.5. The van der Waals surface area contributed by atoms with E-state index in [-0.39, 0.29) is 18.1 Å². The van der Waals surface area contributed by atoms with Gasteiger partial charge in [0.2, 0.25) is 0 Å². The molecule has 2 aromatic rings. The molecule has 2 N–H and O–H groups in total. The highest BCUT2D eigenvalue weighted by Gasteiger charge is 2.25. The molecule has 0 bridgehead atoms. The van der Waals surface area contributed by atoms with E-state index in [4.69, 9.17) is 4.42 Å². The van der Waals surface area contributed by atoms with E-state index in [9.17, 15) is 4.79 Å². The summed E-state index contributed by atoms with van der Waals surface area (Å²) in [6, 6.07) is 3.49. The highest BCUT2D eigenvalue weighted by atomic mass is 16.3. The molecule has 1 aliphatic heterocycles. The Balaban J connectivity index is 1.56. The van der Waals surface area contributed by atoms with Crippen molar-refractivity contribution in [2.24, 2.45) is 0 Å². The third-order valence-electron chi connectivity index (χ3n) is 3.75. The molecule has 0 saturated heterocycles. The summed E-state index contributed by atoms with van der Waals surface area (Å²) in [6.07, 6.45) is 4.18. The fraction of sp³-hybridized carbons (Fsp3) is 0.533. The van der Waals surface area contributed by atoms with Gasteiger partial charge in [-0.25, -0.2) is 14.5 Å². The lowest BCUT2D eigenvalue weighted by Gasteiger charge is -2.24. The van der Waals surface area contributed by atoms with Gasteiger partial charge in [0.15, 0.2) is 0 Å². The molecule has 0 radical (unpaired) electrons. The van der Waals surface area contributed by atoms with Crippen LogP contribution in [0.4, 0.5) is 4.79 Å². The zero-order valence-corrected chi connectivity index (χ0v) is 12.9. The van der Waals surface area contributed by atoms with Crippen molar-refractivity contribution in [3.05, 3.63) is 35.8 Å². The van der Waals surface area contributed by atoms with Gasteiger partial charge < -0.3 is 15.1 Å². The molecule has 3 heterocycles. The SMILES string of the molecule is Cc1nc2n(n1)CCC[C@H]2NC(=O)N[C@H](C)Cc1ccco1. The van der Waals surface area contributed by atoms with Crippen LogP contribution in [0.1, 0.15) is 43.2 Å². The summed E-state index contributed by atoms with van der Waals surface area (Å²) in [7, 11) is 0. The maximum atomic E-state index is 12.2. The highest BCUT2D eigenvalue weighted by molar-refractivity contribution is 5.74. The summed E-state index contributed by atoms with van der Waals surface area (Å²) in [5.74, 6) is 2.45. The molecule has 7 heteroatoms. The molecule has 1 aliphatic rings. The van der Waals surface area contributed by atoms with Crippen molar-refractivity contribution < 1.29 is 9.21 Å². The van der Waals surface area contributed by atoms with Crippen LogP contribution in [0.25, 0.3) is 0 Å². The molecule has 22 heavy (non-hydrogen) atoms. The average Bonchev–Trinajstić information content (AvgIpc) is 3.07. The Hall–Kier alpha value is -2.31.